The highest BCUT2D eigenvalue weighted by atomic mass is 16.5. The van der Waals surface area contributed by atoms with Crippen molar-refractivity contribution in [1.82, 2.24) is 9.72 Å². The van der Waals surface area contributed by atoms with E-state index in [1.165, 1.54) is 0 Å². The summed E-state index contributed by atoms with van der Waals surface area (Å²) in [6, 6.07) is 7.66. The van der Waals surface area contributed by atoms with E-state index in [9.17, 15) is 0 Å². The minimum absolute atomic E-state index is 0.361. The summed E-state index contributed by atoms with van der Waals surface area (Å²) >= 11 is 0. The molecule has 0 aliphatic rings. The maximum atomic E-state index is 5.57. The minimum atomic E-state index is 0.361. The fourth-order valence-electron chi connectivity index (χ4n) is 2.15. The molecule has 0 saturated carbocycles. The number of nitrogen functional groups attached to an aromatic ring is 1. The Labute approximate surface area is 104 Å². The van der Waals surface area contributed by atoms with E-state index >= 15 is 0 Å². The average Bonchev–Trinajstić information content (AvgIpc) is 2.95. The third kappa shape index (κ3) is 1.44. The van der Waals surface area contributed by atoms with Gasteiger partial charge in [-0.3, -0.25) is 0 Å². The summed E-state index contributed by atoms with van der Waals surface area (Å²) in [6.07, 6.45) is 1.99. The van der Waals surface area contributed by atoms with Crippen LogP contribution in [-0.2, 0) is 7.05 Å². The average molecular weight is 243 g/mol. The van der Waals surface area contributed by atoms with Crippen molar-refractivity contribution in [1.29, 1.82) is 0 Å². The van der Waals surface area contributed by atoms with Crippen molar-refractivity contribution in [2.24, 2.45) is 7.05 Å². The minimum Gasteiger partial charge on any atom is -0.495 e. The van der Waals surface area contributed by atoms with Crippen LogP contribution in [0, 0.1) is 0 Å². The van der Waals surface area contributed by atoms with Gasteiger partial charge in [-0.1, -0.05) is 5.16 Å². The zero-order valence-corrected chi connectivity index (χ0v) is 10.2. The number of rotatable bonds is 2. The highest BCUT2D eigenvalue weighted by Gasteiger charge is 2.15. The van der Waals surface area contributed by atoms with Crippen LogP contribution in [0.4, 0.5) is 5.82 Å². The van der Waals surface area contributed by atoms with Crippen LogP contribution < -0.4 is 10.5 Å². The van der Waals surface area contributed by atoms with Crippen molar-refractivity contribution in [3.63, 3.8) is 0 Å². The van der Waals surface area contributed by atoms with Crippen LogP contribution in [0.5, 0.6) is 5.75 Å². The number of nitrogens with two attached hydrogens (primary N) is 1. The highest BCUT2D eigenvalue weighted by molar-refractivity contribution is 5.93. The molecule has 0 atom stereocenters. The molecule has 3 rings (SSSR count). The monoisotopic (exact) mass is 243 g/mol. The topological polar surface area (TPSA) is 66.2 Å². The van der Waals surface area contributed by atoms with Gasteiger partial charge in [0.05, 0.1) is 18.2 Å². The molecule has 0 saturated heterocycles. The molecule has 1 aromatic carbocycles. The van der Waals surface area contributed by atoms with E-state index in [1.807, 2.05) is 36.0 Å². The molecule has 5 heteroatoms. The lowest BCUT2D eigenvalue weighted by Crippen LogP contribution is -1.90. The lowest BCUT2D eigenvalue weighted by Gasteiger charge is -2.07. The molecule has 2 aromatic heterocycles. The van der Waals surface area contributed by atoms with Crippen molar-refractivity contribution < 1.29 is 9.26 Å². The van der Waals surface area contributed by atoms with Crippen molar-refractivity contribution in [3.8, 4) is 17.1 Å². The fraction of sp³-hybridized carbons (Fsp3) is 0.154. The van der Waals surface area contributed by atoms with Crippen molar-refractivity contribution >= 4 is 16.7 Å². The molecule has 0 aliphatic heterocycles. The van der Waals surface area contributed by atoms with Gasteiger partial charge in [-0.2, -0.15) is 0 Å². The number of anilines is 1. The number of nitrogens with zero attached hydrogens (tertiary/aromatic N) is 2. The maximum absolute atomic E-state index is 5.57. The molecule has 3 aromatic rings. The van der Waals surface area contributed by atoms with Gasteiger partial charge < -0.3 is 19.6 Å². The molecule has 18 heavy (non-hydrogen) atoms. The van der Waals surface area contributed by atoms with Gasteiger partial charge >= 0.3 is 0 Å². The quantitative estimate of drug-likeness (QED) is 0.750. The normalized spacial score (nSPS) is 11.0. The molecule has 0 fully saturated rings. The van der Waals surface area contributed by atoms with E-state index < -0.39 is 0 Å². The first-order valence-electron chi connectivity index (χ1n) is 5.55. The number of methoxy groups -OCH3 is 1. The Morgan fingerprint density at radius 1 is 1.33 bits per heavy atom. The number of aromatic nitrogens is 2. The summed E-state index contributed by atoms with van der Waals surface area (Å²) in [5.74, 6) is 1.74. The molecule has 0 aliphatic carbocycles. The first kappa shape index (κ1) is 10.7. The first-order valence-corrected chi connectivity index (χ1v) is 5.55. The molecule has 0 amide bonds. The summed E-state index contributed by atoms with van der Waals surface area (Å²) < 4.78 is 12.7. The Hall–Kier alpha value is -2.43. The van der Waals surface area contributed by atoms with Gasteiger partial charge in [-0.15, -0.1) is 0 Å². The Morgan fingerprint density at radius 2 is 2.17 bits per heavy atom. The van der Waals surface area contributed by atoms with Gasteiger partial charge in [0.1, 0.15) is 5.75 Å². The SMILES string of the molecule is COc1c(-c2cc(N)no2)ccc2c1ccn2C. The molecular weight excluding hydrogens is 230 g/mol. The lowest BCUT2D eigenvalue weighted by molar-refractivity contribution is 0.411. The molecule has 0 spiro atoms. The Bertz CT molecular complexity index is 712. The molecule has 0 radical (unpaired) electrons. The predicted octanol–water partition coefficient (Wildman–Crippen LogP) is 2.42. The van der Waals surface area contributed by atoms with Gasteiger partial charge in [-0.05, 0) is 18.2 Å². The number of hydrogen-bond acceptors (Lipinski definition) is 4. The summed E-state index contributed by atoms with van der Waals surface area (Å²) in [4.78, 5) is 0. The zero-order chi connectivity index (χ0) is 12.7. The molecule has 2 heterocycles. The molecular formula is C13H13N3O2. The Balaban J connectivity index is 2.29. The molecule has 2 N–H and O–H groups in total. The van der Waals surface area contributed by atoms with Crippen LogP contribution in [0.1, 0.15) is 0 Å². The summed E-state index contributed by atoms with van der Waals surface area (Å²) in [6.45, 7) is 0. The number of benzene rings is 1. The molecule has 0 bridgehead atoms. The number of aryl methyl sites for hydroxylation is 1. The highest BCUT2D eigenvalue weighted by Crippen LogP contribution is 2.37. The maximum Gasteiger partial charge on any atom is 0.172 e. The lowest BCUT2D eigenvalue weighted by atomic mass is 10.1. The van der Waals surface area contributed by atoms with Gasteiger partial charge in [-0.25, -0.2) is 0 Å². The molecule has 92 valence electrons. The van der Waals surface area contributed by atoms with Crippen molar-refractivity contribution in [2.45, 2.75) is 0 Å². The summed E-state index contributed by atoms with van der Waals surface area (Å²) in [5, 5.41) is 4.73. The van der Waals surface area contributed by atoms with Crippen LogP contribution in [-0.4, -0.2) is 16.8 Å². The van der Waals surface area contributed by atoms with Crippen LogP contribution in [0.3, 0.4) is 0 Å². The third-order valence-corrected chi connectivity index (χ3v) is 3.02. The molecule has 0 unspecified atom stereocenters. The van der Waals surface area contributed by atoms with Crippen molar-refractivity contribution in [2.75, 3.05) is 12.8 Å². The number of fused-ring (bicyclic) bond motifs is 1. The van der Waals surface area contributed by atoms with Gasteiger partial charge in [0, 0.05) is 24.7 Å². The summed E-state index contributed by atoms with van der Waals surface area (Å²) in [7, 11) is 3.64. The zero-order valence-electron chi connectivity index (χ0n) is 10.2. The van der Waals surface area contributed by atoms with E-state index in [2.05, 4.69) is 5.16 Å². The number of hydrogen-bond donors (Lipinski definition) is 1. The van der Waals surface area contributed by atoms with E-state index in [1.54, 1.807) is 13.2 Å². The largest absolute Gasteiger partial charge is 0.495 e. The van der Waals surface area contributed by atoms with Crippen LogP contribution >= 0.6 is 0 Å². The fourth-order valence-corrected chi connectivity index (χ4v) is 2.15. The first-order chi connectivity index (χ1) is 8.70. The second-order valence-electron chi connectivity index (χ2n) is 4.12. The Morgan fingerprint density at radius 3 is 2.83 bits per heavy atom. The second kappa shape index (κ2) is 3.80. The van der Waals surface area contributed by atoms with Gasteiger partial charge in [0.25, 0.3) is 0 Å². The van der Waals surface area contributed by atoms with Crippen LogP contribution in [0.15, 0.2) is 35.0 Å². The van der Waals surface area contributed by atoms with E-state index in [0.29, 0.717) is 11.6 Å². The van der Waals surface area contributed by atoms with E-state index in [-0.39, 0.29) is 0 Å². The summed E-state index contributed by atoms with van der Waals surface area (Å²) in [5.41, 5.74) is 7.52. The van der Waals surface area contributed by atoms with Crippen molar-refractivity contribution in [3.05, 3.63) is 30.5 Å². The molecule has 5 nitrogen and oxygen atoms in total. The van der Waals surface area contributed by atoms with E-state index in [0.717, 1.165) is 22.2 Å². The Kier molecular flexibility index (Phi) is 2.26. The predicted molar refractivity (Wildman–Crippen MR) is 69.4 cm³/mol. The van der Waals surface area contributed by atoms with Gasteiger partial charge in [0.15, 0.2) is 11.6 Å². The standard InChI is InChI=1S/C13H13N3O2/c1-16-6-5-8-10(16)4-3-9(13(8)17-2)11-7-12(14)15-18-11/h3-7H,1-2H3,(H2,14,15). The van der Waals surface area contributed by atoms with Crippen LogP contribution in [0.25, 0.3) is 22.2 Å². The smallest absolute Gasteiger partial charge is 0.172 e. The number of ether oxygens (including phenoxy) is 1. The van der Waals surface area contributed by atoms with Gasteiger partial charge in [0.2, 0.25) is 0 Å². The third-order valence-electron chi connectivity index (χ3n) is 3.02. The van der Waals surface area contributed by atoms with Crippen LogP contribution in [0.2, 0.25) is 0 Å². The van der Waals surface area contributed by atoms with E-state index in [4.69, 9.17) is 15.0 Å². The second-order valence-corrected chi connectivity index (χ2v) is 4.12.